The first-order valence-corrected chi connectivity index (χ1v) is 4.48. The third kappa shape index (κ3) is 1.14. The van der Waals surface area contributed by atoms with Crippen LogP contribution in [-0.4, -0.2) is 6.54 Å². The molecule has 2 N–H and O–H groups in total. The van der Waals surface area contributed by atoms with E-state index in [1.807, 2.05) is 0 Å². The molecule has 0 radical (unpaired) electrons. The van der Waals surface area contributed by atoms with Gasteiger partial charge in [0.2, 0.25) is 0 Å². The molecule has 2 aliphatic carbocycles. The molecule has 2 aliphatic rings. The Morgan fingerprint density at radius 3 is 3.18 bits per heavy atom. The van der Waals surface area contributed by atoms with Crippen molar-refractivity contribution in [3.05, 3.63) is 23.8 Å². The number of hydrogen-bond acceptors (Lipinski definition) is 1. The lowest BCUT2D eigenvalue weighted by Crippen LogP contribution is -2.14. The van der Waals surface area contributed by atoms with Crippen molar-refractivity contribution in [3.63, 3.8) is 0 Å². The van der Waals surface area contributed by atoms with E-state index in [1.54, 1.807) is 5.57 Å². The first kappa shape index (κ1) is 7.11. The van der Waals surface area contributed by atoms with Crippen LogP contribution >= 0.6 is 0 Å². The summed E-state index contributed by atoms with van der Waals surface area (Å²) in [7, 11) is 0. The number of rotatable bonds is 1. The number of allylic oxidation sites excluding steroid dienone is 3. The second kappa shape index (κ2) is 2.82. The fourth-order valence-corrected chi connectivity index (χ4v) is 2.27. The normalized spacial score (nSPS) is 35.2. The van der Waals surface area contributed by atoms with Gasteiger partial charge in [0.25, 0.3) is 0 Å². The molecule has 2 unspecified atom stereocenters. The van der Waals surface area contributed by atoms with Crippen LogP contribution in [0.5, 0.6) is 0 Å². The molecule has 0 heterocycles. The summed E-state index contributed by atoms with van der Waals surface area (Å²) in [6.45, 7) is 0.843. The van der Waals surface area contributed by atoms with Gasteiger partial charge in [0.1, 0.15) is 0 Å². The SMILES string of the molecule is NCC1CCC2CC=CC=C12. The highest BCUT2D eigenvalue weighted by atomic mass is 14.6. The molecular weight excluding hydrogens is 134 g/mol. The lowest BCUT2D eigenvalue weighted by Gasteiger charge is -2.16. The molecule has 0 spiro atoms. The van der Waals surface area contributed by atoms with E-state index in [1.165, 1.54) is 19.3 Å². The zero-order chi connectivity index (χ0) is 7.68. The highest BCUT2D eigenvalue weighted by Crippen LogP contribution is 2.39. The predicted molar refractivity (Wildman–Crippen MR) is 47.1 cm³/mol. The Kier molecular flexibility index (Phi) is 1.82. The van der Waals surface area contributed by atoms with Gasteiger partial charge in [-0.25, -0.2) is 0 Å². The van der Waals surface area contributed by atoms with Crippen molar-refractivity contribution in [2.45, 2.75) is 19.3 Å². The molecule has 11 heavy (non-hydrogen) atoms. The number of fused-ring (bicyclic) bond motifs is 1. The molecule has 0 bridgehead atoms. The second-order valence-corrected chi connectivity index (χ2v) is 3.54. The van der Waals surface area contributed by atoms with E-state index in [0.717, 1.165) is 12.5 Å². The van der Waals surface area contributed by atoms with E-state index in [9.17, 15) is 0 Å². The molecule has 1 fully saturated rings. The Balaban J connectivity index is 2.19. The van der Waals surface area contributed by atoms with Crippen molar-refractivity contribution >= 4 is 0 Å². The molecule has 1 heteroatoms. The van der Waals surface area contributed by atoms with Crippen LogP contribution in [-0.2, 0) is 0 Å². The lowest BCUT2D eigenvalue weighted by atomic mass is 9.91. The van der Waals surface area contributed by atoms with Gasteiger partial charge in [0.15, 0.2) is 0 Å². The summed E-state index contributed by atoms with van der Waals surface area (Å²) in [5.41, 5.74) is 7.30. The Morgan fingerprint density at radius 1 is 1.45 bits per heavy atom. The molecule has 1 nitrogen and oxygen atoms in total. The third-order valence-electron chi connectivity index (χ3n) is 2.94. The standard InChI is InChI=1S/C10H15N/c11-7-9-6-5-8-3-1-2-4-10(8)9/h1-2,4,8-9H,3,5-7,11H2. The first-order chi connectivity index (χ1) is 5.42. The minimum Gasteiger partial charge on any atom is -0.330 e. The molecule has 1 saturated carbocycles. The van der Waals surface area contributed by atoms with Crippen molar-refractivity contribution in [1.29, 1.82) is 0 Å². The van der Waals surface area contributed by atoms with Gasteiger partial charge in [0.05, 0.1) is 0 Å². The van der Waals surface area contributed by atoms with E-state index < -0.39 is 0 Å². The molecule has 0 aromatic carbocycles. The highest BCUT2D eigenvalue weighted by Gasteiger charge is 2.28. The molecule has 0 aromatic heterocycles. The first-order valence-electron chi connectivity index (χ1n) is 4.48. The number of nitrogens with two attached hydrogens (primary N) is 1. The average Bonchev–Trinajstić information content (AvgIpc) is 2.47. The largest absolute Gasteiger partial charge is 0.330 e. The van der Waals surface area contributed by atoms with Crippen LogP contribution < -0.4 is 5.73 Å². The zero-order valence-electron chi connectivity index (χ0n) is 6.79. The van der Waals surface area contributed by atoms with E-state index >= 15 is 0 Å². The van der Waals surface area contributed by atoms with Crippen LogP contribution in [0.15, 0.2) is 23.8 Å². The number of hydrogen-bond donors (Lipinski definition) is 1. The Labute approximate surface area is 68.0 Å². The van der Waals surface area contributed by atoms with Crippen LogP contribution in [0.4, 0.5) is 0 Å². The van der Waals surface area contributed by atoms with E-state index in [0.29, 0.717) is 5.92 Å². The fraction of sp³-hybridized carbons (Fsp3) is 0.600. The maximum absolute atomic E-state index is 5.68. The van der Waals surface area contributed by atoms with Crippen molar-refractivity contribution < 1.29 is 0 Å². The van der Waals surface area contributed by atoms with E-state index in [-0.39, 0.29) is 0 Å². The monoisotopic (exact) mass is 149 g/mol. The molecule has 0 aromatic rings. The Morgan fingerprint density at radius 2 is 2.36 bits per heavy atom. The summed E-state index contributed by atoms with van der Waals surface area (Å²) in [6, 6.07) is 0. The summed E-state index contributed by atoms with van der Waals surface area (Å²) in [4.78, 5) is 0. The van der Waals surface area contributed by atoms with Gasteiger partial charge >= 0.3 is 0 Å². The van der Waals surface area contributed by atoms with Crippen LogP contribution in [0, 0.1) is 11.8 Å². The van der Waals surface area contributed by atoms with Gasteiger partial charge in [-0.05, 0) is 37.6 Å². The van der Waals surface area contributed by atoms with Crippen LogP contribution in [0.1, 0.15) is 19.3 Å². The molecule has 0 saturated heterocycles. The molecule has 2 atom stereocenters. The van der Waals surface area contributed by atoms with Gasteiger partial charge in [-0.2, -0.15) is 0 Å². The van der Waals surface area contributed by atoms with Crippen LogP contribution in [0.25, 0.3) is 0 Å². The summed E-state index contributed by atoms with van der Waals surface area (Å²) in [5.74, 6) is 1.54. The predicted octanol–water partition coefficient (Wildman–Crippen LogP) is 1.86. The van der Waals surface area contributed by atoms with Gasteiger partial charge in [0, 0.05) is 0 Å². The fourth-order valence-electron chi connectivity index (χ4n) is 2.27. The van der Waals surface area contributed by atoms with Gasteiger partial charge in [-0.3, -0.25) is 0 Å². The van der Waals surface area contributed by atoms with Crippen molar-refractivity contribution in [2.24, 2.45) is 17.6 Å². The second-order valence-electron chi connectivity index (χ2n) is 3.54. The van der Waals surface area contributed by atoms with Gasteiger partial charge in [-0.1, -0.05) is 23.8 Å². The van der Waals surface area contributed by atoms with E-state index in [2.05, 4.69) is 18.2 Å². The Hall–Kier alpha value is -0.560. The molecule has 0 aliphatic heterocycles. The topological polar surface area (TPSA) is 26.0 Å². The minimum atomic E-state index is 0.699. The maximum atomic E-state index is 5.68. The molecule has 60 valence electrons. The molecular formula is C10H15N. The highest BCUT2D eigenvalue weighted by molar-refractivity contribution is 5.26. The van der Waals surface area contributed by atoms with Crippen LogP contribution in [0.3, 0.4) is 0 Å². The average molecular weight is 149 g/mol. The van der Waals surface area contributed by atoms with Gasteiger partial charge < -0.3 is 5.73 Å². The Bertz CT molecular complexity index is 203. The summed E-state index contributed by atoms with van der Waals surface area (Å²) in [5, 5.41) is 0. The van der Waals surface area contributed by atoms with Crippen molar-refractivity contribution in [2.75, 3.05) is 6.54 Å². The quantitative estimate of drug-likeness (QED) is 0.605. The minimum absolute atomic E-state index is 0.699. The van der Waals surface area contributed by atoms with Crippen molar-refractivity contribution in [1.82, 2.24) is 0 Å². The molecule has 2 rings (SSSR count). The summed E-state index contributed by atoms with van der Waals surface area (Å²) >= 11 is 0. The van der Waals surface area contributed by atoms with E-state index in [4.69, 9.17) is 5.73 Å². The lowest BCUT2D eigenvalue weighted by molar-refractivity contribution is 0.628. The van der Waals surface area contributed by atoms with Crippen LogP contribution in [0.2, 0.25) is 0 Å². The smallest absolute Gasteiger partial charge is 0.00113 e. The van der Waals surface area contributed by atoms with Crippen molar-refractivity contribution in [3.8, 4) is 0 Å². The summed E-state index contributed by atoms with van der Waals surface area (Å²) < 4.78 is 0. The zero-order valence-corrected chi connectivity index (χ0v) is 6.79. The molecule has 0 amide bonds. The summed E-state index contributed by atoms with van der Waals surface area (Å²) in [6.07, 6.45) is 10.7. The van der Waals surface area contributed by atoms with Gasteiger partial charge in [-0.15, -0.1) is 0 Å². The maximum Gasteiger partial charge on any atom is -0.00113 e. The third-order valence-corrected chi connectivity index (χ3v) is 2.94.